The van der Waals surface area contributed by atoms with Gasteiger partial charge in [-0.2, -0.15) is 0 Å². The van der Waals surface area contributed by atoms with Crippen molar-refractivity contribution in [1.29, 1.82) is 0 Å². The number of amides is 1. The van der Waals surface area contributed by atoms with Crippen LogP contribution in [0.15, 0.2) is 12.3 Å². The van der Waals surface area contributed by atoms with Gasteiger partial charge in [-0.1, -0.05) is 6.92 Å². The van der Waals surface area contributed by atoms with Crippen LogP contribution >= 0.6 is 0 Å². The number of carbonyl (C=O) groups excluding carboxylic acids is 1. The Morgan fingerprint density at radius 1 is 1.55 bits per heavy atom. The van der Waals surface area contributed by atoms with Gasteiger partial charge in [0.2, 0.25) is 0 Å². The molecule has 5 nitrogen and oxygen atoms in total. The number of nitrogens with two attached hydrogens (primary N) is 1. The van der Waals surface area contributed by atoms with Crippen LogP contribution in [-0.4, -0.2) is 42.2 Å². The number of anilines is 1. The van der Waals surface area contributed by atoms with Crippen LogP contribution in [0.4, 0.5) is 5.69 Å². The molecular formula is C15H25N3O2. The molecule has 0 atom stereocenters. The van der Waals surface area contributed by atoms with E-state index in [4.69, 9.17) is 10.5 Å². The van der Waals surface area contributed by atoms with E-state index in [1.165, 1.54) is 12.8 Å². The highest BCUT2D eigenvalue weighted by Crippen LogP contribution is 2.28. The predicted octanol–water partition coefficient (Wildman–Crippen LogP) is 1.98. The minimum absolute atomic E-state index is 0.00479. The third-order valence-corrected chi connectivity index (χ3v) is 3.57. The number of nitrogens with zero attached hydrogens (tertiary/aromatic N) is 2. The van der Waals surface area contributed by atoms with Gasteiger partial charge in [0.15, 0.2) is 0 Å². The smallest absolute Gasteiger partial charge is 0.270 e. The lowest BCUT2D eigenvalue weighted by molar-refractivity contribution is 0.0672. The molecule has 5 heteroatoms. The number of aryl methyl sites for hydroxylation is 1. The second-order valence-corrected chi connectivity index (χ2v) is 5.60. The van der Waals surface area contributed by atoms with Crippen LogP contribution in [0.5, 0.6) is 0 Å². The Morgan fingerprint density at radius 3 is 2.95 bits per heavy atom. The Labute approximate surface area is 120 Å². The van der Waals surface area contributed by atoms with E-state index in [2.05, 4.69) is 6.92 Å². The van der Waals surface area contributed by atoms with Crippen molar-refractivity contribution in [2.45, 2.75) is 32.7 Å². The first-order valence-corrected chi connectivity index (χ1v) is 7.40. The van der Waals surface area contributed by atoms with Crippen LogP contribution in [0.1, 0.15) is 36.7 Å². The van der Waals surface area contributed by atoms with Crippen LogP contribution in [0.25, 0.3) is 0 Å². The molecule has 0 aromatic carbocycles. The highest BCUT2D eigenvalue weighted by molar-refractivity contribution is 5.93. The number of likely N-dealkylation sites (N-methyl/N-ethyl adjacent to an activating group) is 1. The summed E-state index contributed by atoms with van der Waals surface area (Å²) < 4.78 is 7.50. The molecule has 1 saturated carbocycles. The topological polar surface area (TPSA) is 60.5 Å². The number of ether oxygens (including phenoxy) is 1. The van der Waals surface area contributed by atoms with E-state index < -0.39 is 0 Å². The maximum Gasteiger partial charge on any atom is 0.270 e. The summed E-state index contributed by atoms with van der Waals surface area (Å²) in [5, 5.41) is 0. The fraction of sp³-hybridized carbons (Fsp3) is 0.667. The molecule has 1 aliphatic rings. The van der Waals surface area contributed by atoms with Gasteiger partial charge in [0.25, 0.3) is 5.91 Å². The average molecular weight is 279 g/mol. The molecule has 0 unspecified atom stereocenters. The molecular weight excluding hydrogens is 254 g/mol. The van der Waals surface area contributed by atoms with Gasteiger partial charge in [0, 0.05) is 32.9 Å². The normalized spacial score (nSPS) is 14.5. The maximum absolute atomic E-state index is 12.4. The van der Waals surface area contributed by atoms with Crippen LogP contribution in [0.2, 0.25) is 0 Å². The van der Waals surface area contributed by atoms with E-state index in [1.807, 2.05) is 17.8 Å². The Kier molecular flexibility index (Phi) is 5.06. The molecule has 0 radical (unpaired) electrons. The van der Waals surface area contributed by atoms with Crippen molar-refractivity contribution >= 4 is 11.6 Å². The number of carbonyl (C=O) groups is 1. The number of aromatic nitrogens is 1. The Morgan fingerprint density at radius 2 is 2.30 bits per heavy atom. The van der Waals surface area contributed by atoms with Crippen molar-refractivity contribution in [2.75, 3.05) is 32.5 Å². The van der Waals surface area contributed by atoms with Gasteiger partial charge >= 0.3 is 0 Å². The fourth-order valence-electron chi connectivity index (χ4n) is 2.17. The Hall–Kier alpha value is -1.49. The second kappa shape index (κ2) is 6.79. The molecule has 1 amide bonds. The molecule has 1 aromatic heterocycles. The third-order valence-electron chi connectivity index (χ3n) is 3.57. The molecule has 0 aliphatic heterocycles. The molecule has 0 bridgehead atoms. The molecule has 0 saturated heterocycles. The molecule has 2 rings (SSSR count). The number of nitrogen functional groups attached to an aromatic ring is 1. The van der Waals surface area contributed by atoms with Crippen molar-refractivity contribution in [1.82, 2.24) is 9.47 Å². The van der Waals surface area contributed by atoms with E-state index in [9.17, 15) is 4.79 Å². The molecule has 2 N–H and O–H groups in total. The van der Waals surface area contributed by atoms with Gasteiger partial charge in [-0.05, 0) is 31.2 Å². The van der Waals surface area contributed by atoms with Crippen molar-refractivity contribution in [3.63, 3.8) is 0 Å². The number of rotatable bonds is 8. The first-order chi connectivity index (χ1) is 9.61. The van der Waals surface area contributed by atoms with Gasteiger partial charge < -0.3 is 19.9 Å². The summed E-state index contributed by atoms with van der Waals surface area (Å²) in [6.45, 7) is 4.94. The quantitative estimate of drug-likeness (QED) is 0.740. The minimum Gasteiger partial charge on any atom is -0.397 e. The fourth-order valence-corrected chi connectivity index (χ4v) is 2.17. The second-order valence-electron chi connectivity index (χ2n) is 5.60. The standard InChI is InChI=1S/C15H25N3O2/c1-3-6-18-10-13(16)9-14(18)15(19)17(2)7-8-20-11-12-4-5-12/h9-10,12H,3-8,11,16H2,1-2H3. The maximum atomic E-state index is 12.4. The number of hydrogen-bond donors (Lipinski definition) is 1. The number of hydrogen-bond acceptors (Lipinski definition) is 3. The predicted molar refractivity (Wildman–Crippen MR) is 79.6 cm³/mol. The Balaban J connectivity index is 1.84. The SMILES string of the molecule is CCCn1cc(N)cc1C(=O)N(C)CCOCC1CC1. The van der Waals surface area contributed by atoms with E-state index in [1.54, 1.807) is 11.0 Å². The molecule has 1 heterocycles. The van der Waals surface area contributed by atoms with Crippen molar-refractivity contribution in [2.24, 2.45) is 5.92 Å². The first-order valence-electron chi connectivity index (χ1n) is 7.40. The summed E-state index contributed by atoms with van der Waals surface area (Å²) in [5.74, 6) is 0.766. The minimum atomic E-state index is 0.00479. The first kappa shape index (κ1) is 14.9. The van der Waals surface area contributed by atoms with Gasteiger partial charge in [-0.3, -0.25) is 4.79 Å². The van der Waals surface area contributed by atoms with Crippen molar-refractivity contribution in [3.05, 3.63) is 18.0 Å². The summed E-state index contributed by atoms with van der Waals surface area (Å²) >= 11 is 0. The lowest BCUT2D eigenvalue weighted by Crippen LogP contribution is -2.31. The summed E-state index contributed by atoms with van der Waals surface area (Å²) in [5.41, 5.74) is 7.09. The van der Waals surface area contributed by atoms with E-state index >= 15 is 0 Å². The molecule has 1 aliphatic carbocycles. The average Bonchev–Trinajstić information content (AvgIpc) is 3.17. The van der Waals surface area contributed by atoms with E-state index in [0.29, 0.717) is 24.5 Å². The van der Waals surface area contributed by atoms with Crippen LogP contribution in [0, 0.1) is 5.92 Å². The molecule has 1 fully saturated rings. The van der Waals surface area contributed by atoms with Gasteiger partial charge in [-0.15, -0.1) is 0 Å². The van der Waals surface area contributed by atoms with Gasteiger partial charge in [0.1, 0.15) is 5.69 Å². The van der Waals surface area contributed by atoms with E-state index in [-0.39, 0.29) is 5.91 Å². The highest BCUT2D eigenvalue weighted by Gasteiger charge is 2.21. The summed E-state index contributed by atoms with van der Waals surface area (Å²) in [6, 6.07) is 1.75. The highest BCUT2D eigenvalue weighted by atomic mass is 16.5. The zero-order chi connectivity index (χ0) is 14.5. The van der Waals surface area contributed by atoms with Gasteiger partial charge in [-0.25, -0.2) is 0 Å². The molecule has 0 spiro atoms. The summed E-state index contributed by atoms with van der Waals surface area (Å²) in [6.07, 6.45) is 5.38. The van der Waals surface area contributed by atoms with E-state index in [0.717, 1.165) is 25.5 Å². The summed E-state index contributed by atoms with van der Waals surface area (Å²) in [7, 11) is 1.81. The third kappa shape index (κ3) is 4.00. The lowest BCUT2D eigenvalue weighted by Gasteiger charge is -2.18. The lowest BCUT2D eigenvalue weighted by atomic mass is 10.3. The monoisotopic (exact) mass is 279 g/mol. The van der Waals surface area contributed by atoms with Crippen LogP contribution in [0.3, 0.4) is 0 Å². The summed E-state index contributed by atoms with van der Waals surface area (Å²) in [4.78, 5) is 14.1. The molecule has 112 valence electrons. The largest absolute Gasteiger partial charge is 0.397 e. The zero-order valence-corrected chi connectivity index (χ0v) is 12.5. The molecule has 20 heavy (non-hydrogen) atoms. The zero-order valence-electron chi connectivity index (χ0n) is 12.5. The Bertz CT molecular complexity index is 452. The van der Waals surface area contributed by atoms with Gasteiger partial charge in [0.05, 0.1) is 12.3 Å². The van der Waals surface area contributed by atoms with Crippen molar-refractivity contribution < 1.29 is 9.53 Å². The van der Waals surface area contributed by atoms with Crippen LogP contribution in [-0.2, 0) is 11.3 Å². The van der Waals surface area contributed by atoms with Crippen molar-refractivity contribution in [3.8, 4) is 0 Å². The molecule has 1 aromatic rings. The van der Waals surface area contributed by atoms with Crippen LogP contribution < -0.4 is 5.73 Å².